The normalized spacial score (nSPS) is 11.7. The molecule has 2 heterocycles. The first-order chi connectivity index (χ1) is 21.3. The van der Waals surface area contributed by atoms with Gasteiger partial charge in [-0.1, -0.05) is 109 Å². The third kappa shape index (κ3) is 3.92. The van der Waals surface area contributed by atoms with Gasteiger partial charge in [0, 0.05) is 16.3 Å². The Morgan fingerprint density at radius 1 is 0.395 bits per heavy atom. The standard InChI is InChI=1S/C41H25NO/c1-2-9-27-22-30(17-16-26(27)8-1)32-21-20-31-23-29(18-19-33(31)24-32)28-10-7-11-34(25-28)40-39-36-13-4-6-15-38(36)43-41(39)35-12-3-5-14-37(35)42-40/h1-25H. The molecule has 0 aliphatic rings. The van der Waals surface area contributed by atoms with Gasteiger partial charge >= 0.3 is 0 Å². The lowest BCUT2D eigenvalue weighted by molar-refractivity contribution is 0.672. The maximum Gasteiger partial charge on any atom is 0.147 e. The van der Waals surface area contributed by atoms with E-state index in [2.05, 4.69) is 127 Å². The van der Waals surface area contributed by atoms with E-state index in [1.165, 1.54) is 38.2 Å². The largest absolute Gasteiger partial charge is 0.455 e. The van der Waals surface area contributed by atoms with Crippen molar-refractivity contribution in [1.29, 1.82) is 0 Å². The SMILES string of the molecule is c1cc(-c2ccc3cc(-c4ccc5ccccc5c4)ccc3c2)cc(-c2nc3ccccc3c3oc4ccccc4c23)c1. The first-order valence-electron chi connectivity index (χ1n) is 14.6. The lowest BCUT2D eigenvalue weighted by Crippen LogP contribution is -1.89. The number of benzene rings is 7. The average Bonchev–Trinajstić information content (AvgIpc) is 3.47. The van der Waals surface area contributed by atoms with E-state index >= 15 is 0 Å². The third-order valence-electron chi connectivity index (χ3n) is 8.61. The first-order valence-corrected chi connectivity index (χ1v) is 14.6. The third-order valence-corrected chi connectivity index (χ3v) is 8.61. The average molecular weight is 548 g/mol. The van der Waals surface area contributed by atoms with Crippen LogP contribution >= 0.6 is 0 Å². The molecule has 2 aromatic heterocycles. The Bertz CT molecular complexity index is 2520. The zero-order valence-corrected chi connectivity index (χ0v) is 23.3. The fourth-order valence-electron chi connectivity index (χ4n) is 6.44. The van der Waals surface area contributed by atoms with Crippen molar-refractivity contribution in [3.05, 3.63) is 152 Å². The summed E-state index contributed by atoms with van der Waals surface area (Å²) >= 11 is 0. The quantitative estimate of drug-likeness (QED) is 0.220. The van der Waals surface area contributed by atoms with Crippen LogP contribution < -0.4 is 0 Å². The van der Waals surface area contributed by atoms with Crippen LogP contribution in [0.5, 0.6) is 0 Å². The fraction of sp³-hybridized carbons (Fsp3) is 0. The number of fused-ring (bicyclic) bond motifs is 7. The molecule has 0 N–H and O–H groups in total. The molecule has 0 bridgehead atoms. The molecule has 0 atom stereocenters. The Kier molecular flexibility index (Phi) is 5.23. The van der Waals surface area contributed by atoms with E-state index in [4.69, 9.17) is 9.40 Å². The number of para-hydroxylation sites is 2. The molecule has 0 unspecified atom stereocenters. The van der Waals surface area contributed by atoms with E-state index in [1.54, 1.807) is 0 Å². The van der Waals surface area contributed by atoms with E-state index in [0.717, 1.165) is 49.7 Å². The number of nitrogens with zero attached hydrogens (tertiary/aromatic N) is 1. The second kappa shape index (κ2) is 9.40. The van der Waals surface area contributed by atoms with Gasteiger partial charge in [0.15, 0.2) is 0 Å². The summed E-state index contributed by atoms with van der Waals surface area (Å²) < 4.78 is 6.41. The molecule has 0 saturated carbocycles. The van der Waals surface area contributed by atoms with Gasteiger partial charge < -0.3 is 4.42 Å². The Labute approximate surface area is 248 Å². The highest BCUT2D eigenvalue weighted by molar-refractivity contribution is 6.19. The van der Waals surface area contributed by atoms with E-state index in [-0.39, 0.29) is 0 Å². The van der Waals surface area contributed by atoms with Gasteiger partial charge in [-0.3, -0.25) is 0 Å². The molecule has 43 heavy (non-hydrogen) atoms. The number of hydrogen-bond donors (Lipinski definition) is 0. The molecule has 9 rings (SSSR count). The van der Waals surface area contributed by atoms with Crippen LogP contribution in [-0.4, -0.2) is 4.98 Å². The van der Waals surface area contributed by atoms with Crippen LogP contribution in [0, 0.1) is 0 Å². The zero-order chi connectivity index (χ0) is 28.3. The smallest absolute Gasteiger partial charge is 0.147 e. The molecule has 0 saturated heterocycles. The van der Waals surface area contributed by atoms with Crippen molar-refractivity contribution in [3.63, 3.8) is 0 Å². The minimum atomic E-state index is 0.880. The van der Waals surface area contributed by atoms with Gasteiger partial charge in [-0.15, -0.1) is 0 Å². The minimum Gasteiger partial charge on any atom is -0.455 e. The van der Waals surface area contributed by atoms with Crippen LogP contribution in [0.3, 0.4) is 0 Å². The molecule has 2 heteroatoms. The first kappa shape index (κ1) is 23.9. The minimum absolute atomic E-state index is 0.880. The number of hydrogen-bond acceptors (Lipinski definition) is 2. The lowest BCUT2D eigenvalue weighted by atomic mass is 9.95. The molecule has 0 radical (unpaired) electrons. The van der Waals surface area contributed by atoms with Crippen LogP contribution in [0.4, 0.5) is 0 Å². The molecule has 9 aromatic rings. The highest BCUT2D eigenvalue weighted by atomic mass is 16.3. The van der Waals surface area contributed by atoms with Gasteiger partial charge in [0.2, 0.25) is 0 Å². The molecule has 0 aliphatic heterocycles. The van der Waals surface area contributed by atoms with E-state index in [9.17, 15) is 0 Å². The maximum absolute atomic E-state index is 6.41. The highest BCUT2D eigenvalue weighted by Gasteiger charge is 2.17. The van der Waals surface area contributed by atoms with Crippen molar-refractivity contribution in [1.82, 2.24) is 4.98 Å². The number of rotatable bonds is 3. The Hall–Kier alpha value is -5.73. The Morgan fingerprint density at radius 3 is 1.72 bits per heavy atom. The van der Waals surface area contributed by atoms with Crippen molar-refractivity contribution >= 4 is 54.4 Å². The highest BCUT2D eigenvalue weighted by Crippen LogP contribution is 2.40. The van der Waals surface area contributed by atoms with Gasteiger partial charge in [-0.05, 0) is 86.3 Å². The van der Waals surface area contributed by atoms with Gasteiger partial charge in [0.1, 0.15) is 11.2 Å². The summed E-state index contributed by atoms with van der Waals surface area (Å²) in [6.45, 7) is 0. The summed E-state index contributed by atoms with van der Waals surface area (Å²) in [6.07, 6.45) is 0. The zero-order valence-electron chi connectivity index (χ0n) is 23.3. The molecule has 0 spiro atoms. The monoisotopic (exact) mass is 547 g/mol. The van der Waals surface area contributed by atoms with Crippen LogP contribution in [-0.2, 0) is 0 Å². The van der Waals surface area contributed by atoms with Crippen molar-refractivity contribution in [3.8, 4) is 33.5 Å². The molecular weight excluding hydrogens is 522 g/mol. The molecule has 0 amide bonds. The molecule has 0 fully saturated rings. The van der Waals surface area contributed by atoms with E-state index in [1.807, 2.05) is 24.3 Å². The molecule has 0 aliphatic carbocycles. The predicted molar refractivity (Wildman–Crippen MR) is 180 cm³/mol. The maximum atomic E-state index is 6.41. The second-order valence-electron chi connectivity index (χ2n) is 11.2. The second-order valence-corrected chi connectivity index (χ2v) is 11.2. The van der Waals surface area contributed by atoms with Crippen LogP contribution in [0.25, 0.3) is 87.9 Å². The van der Waals surface area contributed by atoms with Crippen molar-refractivity contribution in [2.45, 2.75) is 0 Å². The molecular formula is C41H25NO. The van der Waals surface area contributed by atoms with Crippen LogP contribution in [0.1, 0.15) is 0 Å². The van der Waals surface area contributed by atoms with Gasteiger partial charge in [0.05, 0.1) is 16.6 Å². The van der Waals surface area contributed by atoms with Crippen LogP contribution in [0.15, 0.2) is 156 Å². The van der Waals surface area contributed by atoms with Crippen molar-refractivity contribution in [2.24, 2.45) is 0 Å². The summed E-state index contributed by atoms with van der Waals surface area (Å²) in [5, 5.41) is 8.16. The Balaban J connectivity index is 1.15. The molecule has 7 aromatic carbocycles. The molecule has 200 valence electrons. The van der Waals surface area contributed by atoms with Gasteiger partial charge in [-0.25, -0.2) is 4.98 Å². The number of pyridine rings is 1. The summed E-state index contributed by atoms with van der Waals surface area (Å²) in [6, 6.07) is 53.9. The van der Waals surface area contributed by atoms with E-state index in [0.29, 0.717) is 0 Å². The topological polar surface area (TPSA) is 26.0 Å². The molecule has 2 nitrogen and oxygen atoms in total. The summed E-state index contributed by atoms with van der Waals surface area (Å²) in [5.41, 5.74) is 9.53. The van der Waals surface area contributed by atoms with E-state index < -0.39 is 0 Å². The van der Waals surface area contributed by atoms with Crippen molar-refractivity contribution < 1.29 is 4.42 Å². The number of furan rings is 1. The predicted octanol–water partition coefficient (Wildman–Crippen LogP) is 11.4. The fourth-order valence-corrected chi connectivity index (χ4v) is 6.44. The lowest BCUT2D eigenvalue weighted by Gasteiger charge is -2.10. The Morgan fingerprint density at radius 2 is 0.953 bits per heavy atom. The summed E-state index contributed by atoms with van der Waals surface area (Å²) in [5.74, 6) is 0. The van der Waals surface area contributed by atoms with Crippen molar-refractivity contribution in [2.75, 3.05) is 0 Å². The van der Waals surface area contributed by atoms with Crippen LogP contribution in [0.2, 0.25) is 0 Å². The van der Waals surface area contributed by atoms with Gasteiger partial charge in [0.25, 0.3) is 0 Å². The number of aromatic nitrogens is 1. The summed E-state index contributed by atoms with van der Waals surface area (Å²) in [7, 11) is 0. The summed E-state index contributed by atoms with van der Waals surface area (Å²) in [4.78, 5) is 5.18. The van der Waals surface area contributed by atoms with Gasteiger partial charge in [-0.2, -0.15) is 0 Å².